The molecule has 0 spiro atoms. The van der Waals surface area contributed by atoms with Gasteiger partial charge in [-0.15, -0.1) is 0 Å². The molecule has 1 fully saturated rings. The van der Waals surface area contributed by atoms with Crippen molar-refractivity contribution >= 4 is 15.7 Å². The molecule has 1 saturated heterocycles. The van der Waals surface area contributed by atoms with Gasteiger partial charge in [-0.25, -0.2) is 8.42 Å². The summed E-state index contributed by atoms with van der Waals surface area (Å²) in [5, 5.41) is 9.70. The first-order valence-corrected chi connectivity index (χ1v) is 9.24. The third kappa shape index (κ3) is 2.88. The molecule has 0 saturated carbocycles. The molecule has 24 heavy (non-hydrogen) atoms. The molecule has 2 aromatic rings. The molecule has 6 heteroatoms. The Labute approximate surface area is 142 Å². The first-order chi connectivity index (χ1) is 11.5. The van der Waals surface area contributed by atoms with Crippen molar-refractivity contribution in [2.24, 2.45) is 0 Å². The van der Waals surface area contributed by atoms with Crippen LogP contribution < -0.4 is 5.73 Å². The van der Waals surface area contributed by atoms with Crippen molar-refractivity contribution in [3.05, 3.63) is 60.2 Å². The number of rotatable bonds is 3. The maximum absolute atomic E-state index is 12.7. The van der Waals surface area contributed by atoms with E-state index in [9.17, 15) is 13.7 Å². The number of hydrogen-bond acceptors (Lipinski definition) is 4. The lowest BCUT2D eigenvalue weighted by atomic mass is 9.74. The van der Waals surface area contributed by atoms with Crippen molar-refractivity contribution in [1.82, 2.24) is 4.31 Å². The molecule has 5 nitrogen and oxygen atoms in total. The van der Waals surface area contributed by atoms with Crippen LogP contribution in [0.25, 0.3) is 0 Å². The maximum atomic E-state index is 12.7. The SMILES string of the molecule is N#CC1(c2ccccc2)CCN(S(=O)(=O)c2ccc(N)cc2)CC1. The van der Waals surface area contributed by atoms with E-state index in [1.54, 1.807) is 12.1 Å². The summed E-state index contributed by atoms with van der Waals surface area (Å²) in [5.41, 5.74) is 6.49. The number of benzene rings is 2. The normalized spacial score (nSPS) is 18.0. The fourth-order valence-corrected chi connectivity index (χ4v) is 4.56. The number of hydrogen-bond donors (Lipinski definition) is 1. The van der Waals surface area contributed by atoms with Crippen LogP contribution in [0.3, 0.4) is 0 Å². The summed E-state index contributed by atoms with van der Waals surface area (Å²) in [5.74, 6) is 0. The van der Waals surface area contributed by atoms with Crippen molar-refractivity contribution in [3.63, 3.8) is 0 Å². The topological polar surface area (TPSA) is 87.2 Å². The lowest BCUT2D eigenvalue weighted by Gasteiger charge is -2.36. The first-order valence-electron chi connectivity index (χ1n) is 7.80. The molecule has 0 atom stereocenters. The number of sulfonamides is 1. The molecule has 2 N–H and O–H groups in total. The molecule has 1 heterocycles. The lowest BCUT2D eigenvalue weighted by Crippen LogP contribution is -2.44. The molecule has 0 aromatic heterocycles. The van der Waals surface area contributed by atoms with Crippen molar-refractivity contribution in [1.29, 1.82) is 5.26 Å². The van der Waals surface area contributed by atoms with E-state index in [-0.39, 0.29) is 4.90 Å². The Morgan fingerprint density at radius 1 is 1.00 bits per heavy atom. The third-order valence-corrected chi connectivity index (χ3v) is 6.55. The van der Waals surface area contributed by atoms with Gasteiger partial charge in [-0.05, 0) is 42.7 Å². The van der Waals surface area contributed by atoms with Gasteiger partial charge in [-0.3, -0.25) is 0 Å². The summed E-state index contributed by atoms with van der Waals surface area (Å²) >= 11 is 0. The van der Waals surface area contributed by atoms with E-state index < -0.39 is 15.4 Å². The van der Waals surface area contributed by atoms with Crippen molar-refractivity contribution in [2.75, 3.05) is 18.8 Å². The van der Waals surface area contributed by atoms with Gasteiger partial charge in [0.2, 0.25) is 10.0 Å². The van der Waals surface area contributed by atoms with Gasteiger partial charge in [0.05, 0.1) is 16.4 Å². The standard InChI is InChI=1S/C18H19N3O2S/c19-14-18(15-4-2-1-3-5-15)10-12-21(13-11-18)24(22,23)17-8-6-16(20)7-9-17/h1-9H,10-13,20H2. The molecular weight excluding hydrogens is 322 g/mol. The number of nitrogens with two attached hydrogens (primary N) is 1. The zero-order valence-electron chi connectivity index (χ0n) is 13.2. The molecule has 3 rings (SSSR count). The van der Waals surface area contributed by atoms with Crippen molar-refractivity contribution in [3.8, 4) is 6.07 Å². The fraction of sp³-hybridized carbons (Fsp3) is 0.278. The Morgan fingerprint density at radius 2 is 1.58 bits per heavy atom. The van der Waals surface area contributed by atoms with E-state index in [0.717, 1.165) is 5.56 Å². The van der Waals surface area contributed by atoms with Gasteiger partial charge in [-0.1, -0.05) is 30.3 Å². The van der Waals surface area contributed by atoms with Gasteiger partial charge in [-0.2, -0.15) is 9.57 Å². The Balaban J connectivity index is 1.82. The molecular formula is C18H19N3O2S. The second-order valence-corrected chi connectivity index (χ2v) is 7.97. The number of anilines is 1. The van der Waals surface area contributed by atoms with Crippen LogP contribution in [-0.2, 0) is 15.4 Å². The first kappa shape index (κ1) is 16.5. The smallest absolute Gasteiger partial charge is 0.243 e. The average molecular weight is 341 g/mol. The Morgan fingerprint density at radius 3 is 2.12 bits per heavy atom. The van der Waals surface area contributed by atoms with Gasteiger partial charge in [0.1, 0.15) is 0 Å². The number of nitriles is 1. The number of nitrogens with zero attached hydrogens (tertiary/aromatic N) is 2. The summed E-state index contributed by atoms with van der Waals surface area (Å²) in [4.78, 5) is 0.237. The molecule has 1 aliphatic heterocycles. The van der Waals surface area contributed by atoms with Crippen LogP contribution in [0.4, 0.5) is 5.69 Å². The zero-order valence-corrected chi connectivity index (χ0v) is 14.0. The second-order valence-electron chi connectivity index (χ2n) is 6.03. The monoisotopic (exact) mass is 341 g/mol. The minimum atomic E-state index is -3.55. The van der Waals surface area contributed by atoms with Crippen LogP contribution in [0.2, 0.25) is 0 Å². The van der Waals surface area contributed by atoms with Crippen LogP contribution in [0.15, 0.2) is 59.5 Å². The highest BCUT2D eigenvalue weighted by molar-refractivity contribution is 7.89. The summed E-state index contributed by atoms with van der Waals surface area (Å²) < 4.78 is 26.9. The van der Waals surface area contributed by atoms with Crippen molar-refractivity contribution in [2.45, 2.75) is 23.2 Å². The predicted molar refractivity (Wildman–Crippen MR) is 92.6 cm³/mol. The van der Waals surface area contributed by atoms with Crippen molar-refractivity contribution < 1.29 is 8.42 Å². The zero-order chi connectivity index (χ0) is 17.2. The second kappa shape index (κ2) is 6.27. The molecule has 0 aliphatic carbocycles. The summed E-state index contributed by atoms with van der Waals surface area (Å²) in [6, 6.07) is 18.2. The van der Waals surface area contributed by atoms with Gasteiger partial charge in [0.25, 0.3) is 0 Å². The highest BCUT2D eigenvalue weighted by atomic mass is 32.2. The summed E-state index contributed by atoms with van der Waals surface area (Å²) in [7, 11) is -3.55. The molecule has 0 bridgehead atoms. The molecule has 1 aliphatic rings. The largest absolute Gasteiger partial charge is 0.399 e. The fourth-order valence-electron chi connectivity index (χ4n) is 3.12. The third-order valence-electron chi connectivity index (χ3n) is 4.63. The Kier molecular flexibility index (Phi) is 4.31. The van der Waals surface area contributed by atoms with Crippen LogP contribution in [-0.4, -0.2) is 25.8 Å². The quantitative estimate of drug-likeness (QED) is 0.869. The van der Waals surface area contributed by atoms with Crippen LogP contribution in [0.5, 0.6) is 0 Å². The average Bonchev–Trinajstić information content (AvgIpc) is 2.63. The van der Waals surface area contributed by atoms with Crippen LogP contribution >= 0.6 is 0 Å². The van der Waals surface area contributed by atoms with E-state index in [2.05, 4.69) is 6.07 Å². The molecule has 0 amide bonds. The summed E-state index contributed by atoms with van der Waals surface area (Å²) in [6.45, 7) is 0.657. The highest BCUT2D eigenvalue weighted by Gasteiger charge is 2.39. The lowest BCUT2D eigenvalue weighted by molar-refractivity contribution is 0.277. The predicted octanol–water partition coefficient (Wildman–Crippen LogP) is 2.51. The van der Waals surface area contributed by atoms with Gasteiger partial charge >= 0.3 is 0 Å². The molecule has 0 unspecified atom stereocenters. The number of nitrogen functional groups attached to an aromatic ring is 1. The molecule has 2 aromatic carbocycles. The van der Waals surface area contributed by atoms with E-state index in [4.69, 9.17) is 5.73 Å². The van der Waals surface area contributed by atoms with Crippen LogP contribution in [0, 0.1) is 11.3 Å². The highest BCUT2D eigenvalue weighted by Crippen LogP contribution is 2.36. The molecule has 0 radical (unpaired) electrons. The maximum Gasteiger partial charge on any atom is 0.243 e. The number of piperidine rings is 1. The summed E-state index contributed by atoms with van der Waals surface area (Å²) in [6.07, 6.45) is 0.976. The molecule has 124 valence electrons. The van der Waals surface area contributed by atoms with E-state index in [1.807, 2.05) is 30.3 Å². The van der Waals surface area contributed by atoms with E-state index >= 15 is 0 Å². The Hall–Kier alpha value is -2.36. The van der Waals surface area contributed by atoms with E-state index in [0.29, 0.717) is 31.6 Å². The van der Waals surface area contributed by atoms with Gasteiger partial charge < -0.3 is 5.73 Å². The van der Waals surface area contributed by atoms with Gasteiger partial charge in [0.15, 0.2) is 0 Å². The van der Waals surface area contributed by atoms with Crippen LogP contribution in [0.1, 0.15) is 18.4 Å². The Bertz CT molecular complexity index is 847. The minimum absolute atomic E-state index is 0.237. The minimum Gasteiger partial charge on any atom is -0.399 e. The van der Waals surface area contributed by atoms with E-state index in [1.165, 1.54) is 16.4 Å². The van der Waals surface area contributed by atoms with Gasteiger partial charge in [0, 0.05) is 18.8 Å².